The molecule has 2 N–H and O–H groups in total. The van der Waals surface area contributed by atoms with Crippen LogP contribution < -0.4 is 5.32 Å². The number of nitrogens with one attached hydrogen (secondary N) is 1. The molecule has 1 aromatic heterocycles. The van der Waals surface area contributed by atoms with Gasteiger partial charge in [-0.3, -0.25) is 9.59 Å². The van der Waals surface area contributed by atoms with E-state index in [9.17, 15) is 9.59 Å². The number of aliphatic carboxylic acids is 1. The van der Waals surface area contributed by atoms with Gasteiger partial charge in [-0.2, -0.15) is 0 Å². The van der Waals surface area contributed by atoms with Gasteiger partial charge in [-0.05, 0) is 5.41 Å². The van der Waals surface area contributed by atoms with Crippen LogP contribution in [0.3, 0.4) is 0 Å². The van der Waals surface area contributed by atoms with Crippen molar-refractivity contribution in [2.75, 3.05) is 0 Å². The Bertz CT molecular complexity index is 438. The highest BCUT2D eigenvalue weighted by molar-refractivity contribution is 5.91. The number of hydrogen-bond donors (Lipinski definition) is 2. The zero-order chi connectivity index (χ0) is 12.6. The molecule has 17 heavy (non-hydrogen) atoms. The summed E-state index contributed by atoms with van der Waals surface area (Å²) in [5, 5.41) is 15.3. The quantitative estimate of drug-likeness (QED) is 0.803. The maximum Gasteiger partial charge on any atom is 0.307 e. The van der Waals surface area contributed by atoms with Crippen LogP contribution in [0.15, 0.2) is 16.9 Å². The second-order valence-corrected chi connectivity index (χ2v) is 4.82. The summed E-state index contributed by atoms with van der Waals surface area (Å²) in [4.78, 5) is 22.7. The summed E-state index contributed by atoms with van der Waals surface area (Å²) in [6, 6.07) is 1.65. The lowest BCUT2D eigenvalue weighted by Crippen LogP contribution is -2.26. The highest BCUT2D eigenvalue weighted by Crippen LogP contribution is 2.58. The first kappa shape index (κ1) is 11.6. The minimum absolute atomic E-state index is 0.245. The number of amides is 1. The van der Waals surface area contributed by atoms with Crippen LogP contribution in [-0.2, 0) is 16.1 Å². The molecule has 2 unspecified atom stereocenters. The topological polar surface area (TPSA) is 92.4 Å². The minimum atomic E-state index is -0.920. The SMILES string of the molecule is CC1(C)C(C(=O)O)C1C(=O)NCc1ccon1. The molecule has 1 aliphatic rings. The van der Waals surface area contributed by atoms with Gasteiger partial charge < -0.3 is 14.9 Å². The minimum Gasteiger partial charge on any atom is -0.481 e. The van der Waals surface area contributed by atoms with Crippen molar-refractivity contribution in [3.05, 3.63) is 18.0 Å². The molecule has 1 amide bonds. The lowest BCUT2D eigenvalue weighted by atomic mass is 10.1. The molecular formula is C11H14N2O4. The predicted molar refractivity (Wildman–Crippen MR) is 56.7 cm³/mol. The van der Waals surface area contributed by atoms with E-state index in [1.54, 1.807) is 19.9 Å². The summed E-state index contributed by atoms with van der Waals surface area (Å²) < 4.78 is 4.63. The normalized spacial score (nSPS) is 25.3. The van der Waals surface area contributed by atoms with Gasteiger partial charge in [0.15, 0.2) is 0 Å². The maximum absolute atomic E-state index is 11.8. The Labute approximate surface area is 98.0 Å². The van der Waals surface area contributed by atoms with E-state index in [1.807, 2.05) is 0 Å². The van der Waals surface area contributed by atoms with Crippen LogP contribution >= 0.6 is 0 Å². The van der Waals surface area contributed by atoms with E-state index in [4.69, 9.17) is 5.11 Å². The molecule has 1 aliphatic carbocycles. The Morgan fingerprint density at radius 1 is 1.53 bits per heavy atom. The van der Waals surface area contributed by atoms with Gasteiger partial charge in [0, 0.05) is 6.07 Å². The van der Waals surface area contributed by atoms with Crippen LogP contribution in [-0.4, -0.2) is 22.1 Å². The summed E-state index contributed by atoms with van der Waals surface area (Å²) in [5.41, 5.74) is 0.142. The second-order valence-electron chi connectivity index (χ2n) is 4.82. The fourth-order valence-electron chi connectivity index (χ4n) is 2.20. The first-order chi connectivity index (χ1) is 7.94. The van der Waals surface area contributed by atoms with Gasteiger partial charge in [-0.25, -0.2) is 0 Å². The Morgan fingerprint density at radius 3 is 2.71 bits per heavy atom. The maximum atomic E-state index is 11.8. The summed E-state index contributed by atoms with van der Waals surface area (Å²) in [7, 11) is 0. The number of carboxylic acid groups (broad SMARTS) is 1. The number of hydrogen-bond acceptors (Lipinski definition) is 4. The van der Waals surface area contributed by atoms with Crippen molar-refractivity contribution in [1.82, 2.24) is 10.5 Å². The third kappa shape index (κ3) is 2.02. The van der Waals surface area contributed by atoms with Crippen LogP contribution in [0.1, 0.15) is 19.5 Å². The van der Waals surface area contributed by atoms with E-state index < -0.39 is 23.2 Å². The van der Waals surface area contributed by atoms with Crippen molar-refractivity contribution in [2.24, 2.45) is 17.3 Å². The lowest BCUT2D eigenvalue weighted by Gasteiger charge is -2.03. The van der Waals surface area contributed by atoms with Crippen molar-refractivity contribution in [2.45, 2.75) is 20.4 Å². The van der Waals surface area contributed by atoms with E-state index in [-0.39, 0.29) is 12.5 Å². The molecule has 0 bridgehead atoms. The van der Waals surface area contributed by atoms with Crippen molar-refractivity contribution >= 4 is 11.9 Å². The Balaban J connectivity index is 1.92. The standard InChI is InChI=1S/C11H14N2O4/c1-11(2)7(8(11)10(15)16)9(14)12-5-6-3-4-17-13-6/h3-4,7-8H,5H2,1-2H3,(H,12,14)(H,15,16). The molecule has 2 rings (SSSR count). The van der Waals surface area contributed by atoms with E-state index >= 15 is 0 Å². The van der Waals surface area contributed by atoms with Crippen molar-refractivity contribution in [3.8, 4) is 0 Å². The zero-order valence-corrected chi connectivity index (χ0v) is 9.64. The number of rotatable bonds is 4. The number of carbonyl (C=O) groups excluding carboxylic acids is 1. The van der Waals surface area contributed by atoms with Crippen LogP contribution in [0.2, 0.25) is 0 Å². The summed E-state index contributed by atoms with van der Waals surface area (Å²) in [6.45, 7) is 3.83. The molecule has 0 aromatic carbocycles. The smallest absolute Gasteiger partial charge is 0.307 e. The van der Waals surface area contributed by atoms with E-state index in [0.717, 1.165) is 0 Å². The van der Waals surface area contributed by atoms with Gasteiger partial charge >= 0.3 is 5.97 Å². The molecule has 2 atom stereocenters. The summed E-state index contributed by atoms with van der Waals surface area (Å²) in [6.07, 6.45) is 1.42. The number of nitrogens with zero attached hydrogens (tertiary/aromatic N) is 1. The van der Waals surface area contributed by atoms with Crippen LogP contribution in [0.4, 0.5) is 0 Å². The third-order valence-corrected chi connectivity index (χ3v) is 3.31. The predicted octanol–water partition coefficient (Wildman–Crippen LogP) is 0.648. The second kappa shape index (κ2) is 3.87. The monoisotopic (exact) mass is 238 g/mol. The molecule has 1 aromatic rings. The molecule has 6 heteroatoms. The number of carboxylic acids is 1. The molecule has 92 valence electrons. The first-order valence-electron chi connectivity index (χ1n) is 5.34. The highest BCUT2D eigenvalue weighted by atomic mass is 16.5. The Hall–Kier alpha value is -1.85. The van der Waals surface area contributed by atoms with Gasteiger partial charge in [0.25, 0.3) is 0 Å². The molecule has 0 radical (unpaired) electrons. The third-order valence-electron chi connectivity index (χ3n) is 3.31. The number of aromatic nitrogens is 1. The molecule has 1 heterocycles. The Morgan fingerprint density at radius 2 is 2.24 bits per heavy atom. The molecular weight excluding hydrogens is 224 g/mol. The van der Waals surface area contributed by atoms with Gasteiger partial charge in [-0.1, -0.05) is 19.0 Å². The van der Waals surface area contributed by atoms with Gasteiger partial charge in [-0.15, -0.1) is 0 Å². The summed E-state index contributed by atoms with van der Waals surface area (Å²) in [5.74, 6) is -2.23. The van der Waals surface area contributed by atoms with E-state index in [2.05, 4.69) is 15.0 Å². The summed E-state index contributed by atoms with van der Waals surface area (Å²) >= 11 is 0. The Kier molecular flexibility index (Phi) is 2.65. The average Bonchev–Trinajstić information content (AvgIpc) is 2.65. The van der Waals surface area contributed by atoms with E-state index in [0.29, 0.717) is 5.69 Å². The van der Waals surface area contributed by atoms with Gasteiger partial charge in [0.05, 0.1) is 18.4 Å². The molecule has 0 aliphatic heterocycles. The van der Waals surface area contributed by atoms with Crippen LogP contribution in [0, 0.1) is 17.3 Å². The van der Waals surface area contributed by atoms with Gasteiger partial charge in [0.2, 0.25) is 5.91 Å². The number of carbonyl (C=O) groups is 2. The molecule has 0 saturated heterocycles. The first-order valence-corrected chi connectivity index (χ1v) is 5.34. The van der Waals surface area contributed by atoms with Crippen molar-refractivity contribution in [1.29, 1.82) is 0 Å². The lowest BCUT2D eigenvalue weighted by molar-refractivity contribution is -0.140. The zero-order valence-electron chi connectivity index (χ0n) is 9.64. The molecule has 1 saturated carbocycles. The van der Waals surface area contributed by atoms with Gasteiger partial charge in [0.1, 0.15) is 12.0 Å². The molecule has 1 fully saturated rings. The van der Waals surface area contributed by atoms with Crippen molar-refractivity contribution < 1.29 is 19.2 Å². The van der Waals surface area contributed by atoms with Crippen LogP contribution in [0.25, 0.3) is 0 Å². The van der Waals surface area contributed by atoms with Crippen molar-refractivity contribution in [3.63, 3.8) is 0 Å². The average molecular weight is 238 g/mol. The largest absolute Gasteiger partial charge is 0.481 e. The van der Waals surface area contributed by atoms with E-state index in [1.165, 1.54) is 6.26 Å². The van der Waals surface area contributed by atoms with Crippen LogP contribution in [0.5, 0.6) is 0 Å². The molecule has 0 spiro atoms. The fraction of sp³-hybridized carbons (Fsp3) is 0.545. The highest BCUT2D eigenvalue weighted by Gasteiger charge is 2.65. The fourth-order valence-corrected chi connectivity index (χ4v) is 2.20. The molecule has 6 nitrogen and oxygen atoms in total.